The average molecular weight is 384 g/mol. The summed E-state index contributed by atoms with van der Waals surface area (Å²) in [5.74, 6) is -0.892. The molecule has 0 aromatic heterocycles. The van der Waals surface area contributed by atoms with Crippen molar-refractivity contribution in [2.24, 2.45) is 0 Å². The molecule has 152 valence electrons. The molecular formula is C24H33NO3. The molecule has 28 heavy (non-hydrogen) atoms. The zero-order valence-electron chi connectivity index (χ0n) is 18.3. The van der Waals surface area contributed by atoms with Gasteiger partial charge in [0.25, 0.3) is 0 Å². The Morgan fingerprint density at radius 1 is 0.750 bits per heavy atom. The highest BCUT2D eigenvalue weighted by atomic mass is 16.3. The first-order valence-corrected chi connectivity index (χ1v) is 9.45. The first kappa shape index (κ1) is 23.6. The second kappa shape index (κ2) is 9.16. The van der Waals surface area contributed by atoms with E-state index in [2.05, 4.69) is 5.32 Å². The van der Waals surface area contributed by atoms with Gasteiger partial charge in [0.05, 0.1) is 0 Å². The van der Waals surface area contributed by atoms with E-state index in [1.165, 1.54) is 0 Å². The van der Waals surface area contributed by atoms with Gasteiger partial charge in [-0.1, -0.05) is 71.9 Å². The number of carbonyl (C=O) groups is 2. The van der Waals surface area contributed by atoms with Crippen LogP contribution in [0.4, 0.5) is 0 Å². The van der Waals surface area contributed by atoms with Gasteiger partial charge in [-0.05, 0) is 37.1 Å². The Hall–Kier alpha value is -2.46. The SMILES string of the molecule is CC(C)(C)c1cc(C(=O)C(=O)c2ccccc2)cc(C(C)(C)C)c1O.CNC. The molecule has 4 nitrogen and oxygen atoms in total. The summed E-state index contributed by atoms with van der Waals surface area (Å²) < 4.78 is 0. The molecule has 4 heteroatoms. The molecule has 0 aliphatic carbocycles. The van der Waals surface area contributed by atoms with Crippen LogP contribution in [0, 0.1) is 0 Å². The van der Waals surface area contributed by atoms with E-state index < -0.39 is 11.6 Å². The van der Waals surface area contributed by atoms with Gasteiger partial charge in [-0.2, -0.15) is 0 Å². The monoisotopic (exact) mass is 383 g/mol. The van der Waals surface area contributed by atoms with E-state index in [9.17, 15) is 14.7 Å². The van der Waals surface area contributed by atoms with Gasteiger partial charge >= 0.3 is 0 Å². The van der Waals surface area contributed by atoms with E-state index >= 15 is 0 Å². The first-order chi connectivity index (χ1) is 12.8. The molecular weight excluding hydrogens is 350 g/mol. The summed E-state index contributed by atoms with van der Waals surface area (Å²) in [5.41, 5.74) is 1.33. The Kier molecular flexibility index (Phi) is 7.71. The third kappa shape index (κ3) is 5.77. The number of phenolic OH excluding ortho intramolecular Hbond substituents is 1. The van der Waals surface area contributed by atoms with Crippen LogP contribution in [0.3, 0.4) is 0 Å². The van der Waals surface area contributed by atoms with Crippen LogP contribution in [-0.2, 0) is 10.8 Å². The van der Waals surface area contributed by atoms with Crippen molar-refractivity contribution in [3.05, 3.63) is 64.7 Å². The minimum absolute atomic E-state index is 0.198. The van der Waals surface area contributed by atoms with E-state index in [-0.39, 0.29) is 16.6 Å². The molecule has 0 bridgehead atoms. The molecule has 0 radical (unpaired) electrons. The van der Waals surface area contributed by atoms with Crippen LogP contribution in [0.2, 0.25) is 0 Å². The molecule has 0 unspecified atom stereocenters. The Bertz CT molecular complexity index is 790. The number of aromatic hydroxyl groups is 1. The maximum Gasteiger partial charge on any atom is 0.233 e. The lowest BCUT2D eigenvalue weighted by molar-refractivity contribution is 0.0816. The summed E-state index contributed by atoms with van der Waals surface area (Å²) in [5, 5.41) is 13.5. The third-order valence-electron chi connectivity index (χ3n) is 4.23. The summed E-state index contributed by atoms with van der Waals surface area (Å²) in [6, 6.07) is 11.8. The molecule has 0 atom stereocenters. The van der Waals surface area contributed by atoms with Gasteiger partial charge in [0, 0.05) is 22.3 Å². The number of Topliss-reactive ketones (excluding diaryl/α,β-unsaturated/α-hetero) is 2. The molecule has 2 rings (SSSR count). The van der Waals surface area contributed by atoms with Crippen molar-refractivity contribution in [1.29, 1.82) is 0 Å². The summed E-state index contributed by atoms with van der Waals surface area (Å²) in [4.78, 5) is 25.3. The van der Waals surface area contributed by atoms with Crippen molar-refractivity contribution >= 4 is 11.6 Å². The van der Waals surface area contributed by atoms with Crippen LogP contribution in [-0.4, -0.2) is 30.8 Å². The Labute approximate surface area is 169 Å². The van der Waals surface area contributed by atoms with Crippen LogP contribution in [0.1, 0.15) is 73.4 Å². The number of ketones is 2. The zero-order chi connectivity index (χ0) is 21.7. The van der Waals surface area contributed by atoms with Gasteiger partial charge in [0.2, 0.25) is 11.6 Å². The number of rotatable bonds is 3. The normalized spacial score (nSPS) is 11.4. The number of hydrogen-bond donors (Lipinski definition) is 2. The predicted molar refractivity (Wildman–Crippen MR) is 116 cm³/mol. The number of hydrogen-bond acceptors (Lipinski definition) is 4. The van der Waals surface area contributed by atoms with Crippen molar-refractivity contribution < 1.29 is 14.7 Å². The maximum atomic E-state index is 12.8. The number of nitrogens with one attached hydrogen (secondary N) is 1. The minimum atomic E-state index is -0.554. The fourth-order valence-corrected chi connectivity index (χ4v) is 2.76. The molecule has 0 spiro atoms. The lowest BCUT2D eigenvalue weighted by Gasteiger charge is -2.28. The van der Waals surface area contributed by atoms with Gasteiger partial charge in [-0.15, -0.1) is 0 Å². The smallest absolute Gasteiger partial charge is 0.233 e. The standard InChI is InChI=1S/C22H26O3.C2H7N/c1-21(2,3)16-12-15(13-17(20(16)25)22(4,5)6)19(24)18(23)14-10-8-7-9-11-14;1-3-2/h7-13,25H,1-6H3;3H,1-2H3. The van der Waals surface area contributed by atoms with Crippen molar-refractivity contribution in [1.82, 2.24) is 5.32 Å². The van der Waals surface area contributed by atoms with Crippen LogP contribution in [0.25, 0.3) is 0 Å². The molecule has 2 aromatic rings. The highest BCUT2D eigenvalue weighted by Gasteiger charge is 2.29. The Balaban J connectivity index is 0.00000122. The van der Waals surface area contributed by atoms with Crippen LogP contribution < -0.4 is 5.32 Å². The molecule has 0 saturated heterocycles. The summed E-state index contributed by atoms with van der Waals surface area (Å²) >= 11 is 0. The topological polar surface area (TPSA) is 66.4 Å². The molecule has 0 aliphatic rings. The van der Waals surface area contributed by atoms with Crippen molar-refractivity contribution in [2.45, 2.75) is 52.4 Å². The third-order valence-corrected chi connectivity index (χ3v) is 4.23. The summed E-state index contributed by atoms with van der Waals surface area (Å²) in [7, 11) is 3.75. The number of phenols is 1. The van der Waals surface area contributed by atoms with Crippen LogP contribution in [0.5, 0.6) is 5.75 Å². The molecule has 0 heterocycles. The van der Waals surface area contributed by atoms with E-state index in [4.69, 9.17) is 0 Å². The molecule has 0 fully saturated rings. The van der Waals surface area contributed by atoms with E-state index in [1.54, 1.807) is 42.5 Å². The predicted octanol–water partition coefficient (Wildman–Crippen LogP) is 4.89. The second-order valence-corrected chi connectivity index (χ2v) is 8.94. The number of carbonyl (C=O) groups excluding carboxylic acids is 2. The molecule has 2 aromatic carbocycles. The Morgan fingerprint density at radius 2 is 1.11 bits per heavy atom. The fourth-order valence-electron chi connectivity index (χ4n) is 2.76. The van der Waals surface area contributed by atoms with Crippen molar-refractivity contribution in [3.8, 4) is 5.75 Å². The molecule has 0 amide bonds. The van der Waals surface area contributed by atoms with Gasteiger partial charge in [0.1, 0.15) is 5.75 Å². The largest absolute Gasteiger partial charge is 0.507 e. The highest BCUT2D eigenvalue weighted by molar-refractivity contribution is 6.49. The zero-order valence-corrected chi connectivity index (χ0v) is 18.3. The molecule has 0 aliphatic heterocycles. The minimum Gasteiger partial charge on any atom is -0.507 e. The maximum absolute atomic E-state index is 12.8. The fraction of sp³-hybridized carbons (Fsp3) is 0.417. The van der Waals surface area contributed by atoms with Gasteiger partial charge in [-0.25, -0.2) is 0 Å². The van der Waals surface area contributed by atoms with Crippen molar-refractivity contribution in [3.63, 3.8) is 0 Å². The van der Waals surface area contributed by atoms with Gasteiger partial charge < -0.3 is 10.4 Å². The van der Waals surface area contributed by atoms with Crippen molar-refractivity contribution in [2.75, 3.05) is 14.1 Å². The second-order valence-electron chi connectivity index (χ2n) is 8.94. The lowest BCUT2D eigenvalue weighted by Crippen LogP contribution is -2.21. The quantitative estimate of drug-likeness (QED) is 0.585. The average Bonchev–Trinajstić information content (AvgIpc) is 2.60. The number of benzene rings is 2. The van der Waals surface area contributed by atoms with Crippen LogP contribution in [0.15, 0.2) is 42.5 Å². The van der Waals surface area contributed by atoms with Crippen LogP contribution >= 0.6 is 0 Å². The summed E-state index contributed by atoms with van der Waals surface area (Å²) in [6.45, 7) is 11.8. The first-order valence-electron chi connectivity index (χ1n) is 9.45. The molecule has 0 saturated carbocycles. The molecule has 2 N–H and O–H groups in total. The van der Waals surface area contributed by atoms with E-state index in [0.29, 0.717) is 22.3 Å². The van der Waals surface area contributed by atoms with E-state index in [1.807, 2.05) is 55.6 Å². The van der Waals surface area contributed by atoms with E-state index in [0.717, 1.165) is 0 Å². The Morgan fingerprint density at radius 3 is 1.46 bits per heavy atom. The van der Waals surface area contributed by atoms with Gasteiger partial charge in [-0.3, -0.25) is 9.59 Å². The van der Waals surface area contributed by atoms with Gasteiger partial charge in [0.15, 0.2) is 0 Å². The lowest BCUT2D eigenvalue weighted by atomic mass is 9.77. The highest BCUT2D eigenvalue weighted by Crippen LogP contribution is 2.40. The summed E-state index contributed by atoms with van der Waals surface area (Å²) in [6.07, 6.45) is 0.